The number of ether oxygens (including phenoxy) is 2. The van der Waals surface area contributed by atoms with Gasteiger partial charge < -0.3 is 14.5 Å². The summed E-state index contributed by atoms with van der Waals surface area (Å²) in [5.74, 6) is 1.17. The minimum Gasteiger partial charge on any atom is -0.497 e. The summed E-state index contributed by atoms with van der Waals surface area (Å²) in [5, 5.41) is 1.81. The standard InChI is InChI=1S/C25H20BrClN2O3/c1-31-18-7-9-19(10-8-18)32-25(30)29-13-12-20-21-14-16(26)4-11-22(21)28-23(20)24(29)15-2-5-17(27)6-3-15/h2-11,14,24,28H,12-13H2,1H3. The fraction of sp³-hybridized carbons (Fsp3) is 0.160. The first-order valence-electron chi connectivity index (χ1n) is 10.2. The molecule has 1 unspecified atom stereocenters. The Labute approximate surface area is 199 Å². The van der Waals surface area contributed by atoms with Crippen molar-refractivity contribution in [2.45, 2.75) is 12.5 Å². The third-order valence-electron chi connectivity index (χ3n) is 5.77. The lowest BCUT2D eigenvalue weighted by Gasteiger charge is -2.35. The molecule has 162 valence electrons. The second kappa shape index (κ2) is 8.52. The normalized spacial score (nSPS) is 15.5. The highest BCUT2D eigenvalue weighted by Gasteiger charge is 2.35. The first-order valence-corrected chi connectivity index (χ1v) is 11.4. The SMILES string of the molecule is COc1ccc(OC(=O)N2CCc3c([nH]c4ccc(Br)cc34)C2c2ccc(Cl)cc2)cc1. The molecule has 0 aliphatic carbocycles. The Bertz CT molecular complexity index is 1290. The second-order valence-corrected chi connectivity index (χ2v) is 9.00. The van der Waals surface area contributed by atoms with Gasteiger partial charge in [0.25, 0.3) is 0 Å². The van der Waals surface area contributed by atoms with Gasteiger partial charge in [0.2, 0.25) is 0 Å². The van der Waals surface area contributed by atoms with Crippen LogP contribution in [0.4, 0.5) is 4.79 Å². The van der Waals surface area contributed by atoms with Gasteiger partial charge in [-0.05, 0) is 72.1 Å². The van der Waals surface area contributed by atoms with Crippen molar-refractivity contribution in [1.82, 2.24) is 9.88 Å². The Balaban J connectivity index is 1.55. The number of hydrogen-bond acceptors (Lipinski definition) is 3. The van der Waals surface area contributed by atoms with Crippen LogP contribution < -0.4 is 9.47 Å². The number of hydrogen-bond donors (Lipinski definition) is 1. The number of fused-ring (bicyclic) bond motifs is 3. The van der Waals surface area contributed by atoms with Crippen molar-refractivity contribution in [3.63, 3.8) is 0 Å². The topological polar surface area (TPSA) is 54.6 Å². The predicted molar refractivity (Wildman–Crippen MR) is 129 cm³/mol. The van der Waals surface area contributed by atoms with Crippen molar-refractivity contribution >= 4 is 44.5 Å². The van der Waals surface area contributed by atoms with Gasteiger partial charge in [-0.15, -0.1) is 0 Å². The molecule has 5 nitrogen and oxygen atoms in total. The van der Waals surface area contributed by atoms with E-state index < -0.39 is 6.09 Å². The number of carbonyl (C=O) groups excluding carboxylic acids is 1. The fourth-order valence-corrected chi connectivity index (χ4v) is 4.74. The van der Waals surface area contributed by atoms with Crippen molar-refractivity contribution in [2.24, 2.45) is 0 Å². The first kappa shape index (κ1) is 20.9. The van der Waals surface area contributed by atoms with Gasteiger partial charge in [0, 0.05) is 32.6 Å². The third kappa shape index (κ3) is 3.85. The van der Waals surface area contributed by atoms with Crippen LogP contribution in [-0.4, -0.2) is 29.6 Å². The van der Waals surface area contributed by atoms with Crippen LogP contribution in [0.3, 0.4) is 0 Å². The number of aromatic nitrogens is 1. The number of rotatable bonds is 3. The number of benzene rings is 3. The van der Waals surface area contributed by atoms with Gasteiger partial charge in [0.15, 0.2) is 0 Å². The molecule has 0 spiro atoms. The molecule has 0 saturated carbocycles. The van der Waals surface area contributed by atoms with Crippen LogP contribution in [0.5, 0.6) is 11.5 Å². The number of amides is 1. The fourth-order valence-electron chi connectivity index (χ4n) is 4.25. The average Bonchev–Trinajstić information content (AvgIpc) is 3.17. The summed E-state index contributed by atoms with van der Waals surface area (Å²) >= 11 is 9.71. The molecule has 1 atom stereocenters. The Morgan fingerprint density at radius 2 is 1.78 bits per heavy atom. The van der Waals surface area contributed by atoms with Gasteiger partial charge >= 0.3 is 6.09 Å². The van der Waals surface area contributed by atoms with E-state index in [4.69, 9.17) is 21.1 Å². The van der Waals surface area contributed by atoms with E-state index in [1.165, 1.54) is 5.56 Å². The molecule has 1 aromatic heterocycles. The molecule has 32 heavy (non-hydrogen) atoms. The Hall–Kier alpha value is -2.96. The quantitative estimate of drug-likeness (QED) is 0.331. The van der Waals surface area contributed by atoms with Crippen LogP contribution in [0, 0.1) is 0 Å². The number of methoxy groups -OCH3 is 1. The first-order chi connectivity index (χ1) is 15.5. The highest BCUT2D eigenvalue weighted by Crippen LogP contribution is 2.39. The number of H-pyrrole nitrogens is 1. The van der Waals surface area contributed by atoms with Crippen molar-refractivity contribution in [1.29, 1.82) is 0 Å². The highest BCUT2D eigenvalue weighted by atomic mass is 79.9. The van der Waals surface area contributed by atoms with Gasteiger partial charge in [-0.25, -0.2) is 4.79 Å². The van der Waals surface area contributed by atoms with E-state index >= 15 is 0 Å². The van der Waals surface area contributed by atoms with Crippen LogP contribution in [0.2, 0.25) is 5.02 Å². The van der Waals surface area contributed by atoms with Crippen molar-refractivity contribution < 1.29 is 14.3 Å². The van der Waals surface area contributed by atoms with Crippen LogP contribution in [-0.2, 0) is 6.42 Å². The summed E-state index contributed by atoms with van der Waals surface area (Å²) in [5.41, 5.74) is 4.23. The summed E-state index contributed by atoms with van der Waals surface area (Å²) in [4.78, 5) is 18.6. The lowest BCUT2D eigenvalue weighted by atomic mass is 9.93. The minimum absolute atomic E-state index is 0.312. The lowest BCUT2D eigenvalue weighted by Crippen LogP contribution is -2.42. The average molecular weight is 512 g/mol. The van der Waals surface area contributed by atoms with Crippen LogP contribution in [0.15, 0.2) is 71.2 Å². The van der Waals surface area contributed by atoms with Crippen molar-refractivity contribution in [3.05, 3.63) is 93.0 Å². The van der Waals surface area contributed by atoms with Crippen LogP contribution in [0.1, 0.15) is 22.9 Å². The van der Waals surface area contributed by atoms with E-state index in [0.29, 0.717) is 23.1 Å². The van der Waals surface area contributed by atoms with Gasteiger partial charge in [-0.1, -0.05) is 39.7 Å². The molecule has 1 aliphatic rings. The number of nitrogens with zero attached hydrogens (tertiary/aromatic N) is 1. The maximum absolute atomic E-state index is 13.3. The largest absolute Gasteiger partial charge is 0.497 e. The van der Waals surface area contributed by atoms with Gasteiger partial charge in [-0.2, -0.15) is 0 Å². The smallest absolute Gasteiger partial charge is 0.416 e. The number of carbonyl (C=O) groups is 1. The molecule has 0 fully saturated rings. The van der Waals surface area contributed by atoms with Gasteiger partial charge in [-0.3, -0.25) is 4.90 Å². The number of aromatic amines is 1. The third-order valence-corrected chi connectivity index (χ3v) is 6.52. The molecule has 1 N–H and O–H groups in total. The molecule has 2 heterocycles. The Morgan fingerprint density at radius 3 is 2.50 bits per heavy atom. The zero-order valence-electron chi connectivity index (χ0n) is 17.3. The maximum Gasteiger partial charge on any atom is 0.416 e. The molecule has 0 saturated heterocycles. The van der Waals surface area contributed by atoms with E-state index in [-0.39, 0.29) is 6.04 Å². The number of nitrogens with one attached hydrogen (secondary N) is 1. The maximum atomic E-state index is 13.3. The van der Waals surface area contributed by atoms with E-state index in [1.54, 1.807) is 36.3 Å². The van der Waals surface area contributed by atoms with E-state index in [0.717, 1.165) is 33.1 Å². The monoisotopic (exact) mass is 510 g/mol. The molecular formula is C25H20BrClN2O3. The minimum atomic E-state index is -0.402. The Kier molecular flexibility index (Phi) is 5.57. The molecule has 5 rings (SSSR count). The lowest BCUT2D eigenvalue weighted by molar-refractivity contribution is 0.135. The van der Waals surface area contributed by atoms with Gasteiger partial charge in [0.1, 0.15) is 17.5 Å². The molecule has 1 amide bonds. The van der Waals surface area contributed by atoms with Crippen LogP contribution in [0.25, 0.3) is 10.9 Å². The summed E-state index contributed by atoms with van der Waals surface area (Å²) in [6.07, 6.45) is 0.328. The summed E-state index contributed by atoms with van der Waals surface area (Å²) in [6, 6.07) is 20.5. The molecule has 7 heteroatoms. The molecule has 1 aliphatic heterocycles. The van der Waals surface area contributed by atoms with Crippen molar-refractivity contribution in [2.75, 3.05) is 13.7 Å². The summed E-state index contributed by atoms with van der Waals surface area (Å²) < 4.78 is 11.9. The molecule has 4 aromatic rings. The van der Waals surface area contributed by atoms with E-state index in [1.807, 2.05) is 30.3 Å². The molecule has 3 aromatic carbocycles. The second-order valence-electron chi connectivity index (χ2n) is 7.65. The van der Waals surface area contributed by atoms with Gasteiger partial charge in [0.05, 0.1) is 7.11 Å². The zero-order valence-corrected chi connectivity index (χ0v) is 19.6. The predicted octanol–water partition coefficient (Wildman–Crippen LogP) is 6.74. The molecule has 0 bridgehead atoms. The zero-order chi connectivity index (χ0) is 22.2. The Morgan fingerprint density at radius 1 is 1.06 bits per heavy atom. The molecule has 0 radical (unpaired) electrons. The molecular weight excluding hydrogens is 492 g/mol. The number of halogens is 2. The van der Waals surface area contributed by atoms with Crippen molar-refractivity contribution in [3.8, 4) is 11.5 Å². The van der Waals surface area contributed by atoms with E-state index in [2.05, 4.69) is 33.0 Å². The van der Waals surface area contributed by atoms with Crippen LogP contribution >= 0.6 is 27.5 Å². The summed E-state index contributed by atoms with van der Waals surface area (Å²) in [6.45, 7) is 0.536. The summed E-state index contributed by atoms with van der Waals surface area (Å²) in [7, 11) is 1.60. The van der Waals surface area contributed by atoms with E-state index in [9.17, 15) is 4.79 Å². The highest BCUT2D eigenvalue weighted by molar-refractivity contribution is 9.10.